The molecule has 0 saturated carbocycles. The number of anilines is 1. The first kappa shape index (κ1) is 16.1. The predicted octanol–water partition coefficient (Wildman–Crippen LogP) is 3.19. The minimum absolute atomic E-state index is 0.0397. The van der Waals surface area contributed by atoms with Crippen LogP contribution < -0.4 is 5.32 Å². The largest absolute Gasteiger partial charge is 0.394 e. The molecule has 1 fully saturated rings. The third-order valence-corrected chi connectivity index (χ3v) is 5.43. The highest BCUT2D eigenvalue weighted by Crippen LogP contribution is 2.47. The second-order valence-corrected chi connectivity index (χ2v) is 6.86. The third kappa shape index (κ3) is 2.68. The SMILES string of the molecule is CC(=O)N1CC[C@@H]2[C@H](CO)Nc3ccc(-c4cccc(F)c4)cc3[C@@H]21. The van der Waals surface area contributed by atoms with Crippen molar-refractivity contribution in [3.63, 3.8) is 0 Å². The van der Waals surface area contributed by atoms with Crippen LogP contribution >= 0.6 is 0 Å². The summed E-state index contributed by atoms with van der Waals surface area (Å²) < 4.78 is 13.6. The Morgan fingerprint density at radius 2 is 2.08 bits per heavy atom. The Bertz CT molecular complexity index is 823. The van der Waals surface area contributed by atoms with Gasteiger partial charge in [-0.2, -0.15) is 0 Å². The fraction of sp³-hybridized carbons (Fsp3) is 0.350. The molecular weight excluding hydrogens is 319 g/mol. The summed E-state index contributed by atoms with van der Waals surface area (Å²) in [6, 6.07) is 12.4. The Kier molecular flexibility index (Phi) is 3.96. The molecule has 3 atom stereocenters. The monoisotopic (exact) mass is 340 g/mol. The zero-order chi connectivity index (χ0) is 17.6. The molecule has 2 aliphatic rings. The predicted molar refractivity (Wildman–Crippen MR) is 94.6 cm³/mol. The van der Waals surface area contributed by atoms with Crippen molar-refractivity contribution in [3.05, 3.63) is 53.8 Å². The van der Waals surface area contributed by atoms with Gasteiger partial charge in [0.05, 0.1) is 18.7 Å². The third-order valence-electron chi connectivity index (χ3n) is 5.43. The highest BCUT2D eigenvalue weighted by atomic mass is 19.1. The number of nitrogens with one attached hydrogen (secondary N) is 1. The Morgan fingerprint density at radius 3 is 2.80 bits per heavy atom. The summed E-state index contributed by atoms with van der Waals surface area (Å²) in [5.41, 5.74) is 3.73. The Balaban J connectivity index is 1.81. The van der Waals surface area contributed by atoms with Gasteiger partial charge in [-0.3, -0.25) is 4.79 Å². The summed E-state index contributed by atoms with van der Waals surface area (Å²) in [7, 11) is 0. The fourth-order valence-corrected chi connectivity index (χ4v) is 4.26. The zero-order valence-electron chi connectivity index (χ0n) is 14.1. The van der Waals surface area contributed by atoms with Crippen LogP contribution in [0.25, 0.3) is 11.1 Å². The maximum absolute atomic E-state index is 13.6. The normalized spacial score (nSPS) is 24.4. The van der Waals surface area contributed by atoms with E-state index in [-0.39, 0.29) is 36.3 Å². The molecular formula is C20H21FN2O2. The van der Waals surface area contributed by atoms with E-state index in [1.807, 2.05) is 29.2 Å². The maximum Gasteiger partial charge on any atom is 0.219 e. The molecule has 25 heavy (non-hydrogen) atoms. The number of amides is 1. The van der Waals surface area contributed by atoms with Crippen LogP contribution in [0.4, 0.5) is 10.1 Å². The molecule has 130 valence electrons. The number of likely N-dealkylation sites (tertiary alicyclic amines) is 1. The minimum atomic E-state index is -0.266. The van der Waals surface area contributed by atoms with E-state index in [9.17, 15) is 14.3 Å². The van der Waals surface area contributed by atoms with Gasteiger partial charge in [-0.15, -0.1) is 0 Å². The molecule has 0 aromatic heterocycles. The van der Waals surface area contributed by atoms with Crippen LogP contribution in [0, 0.1) is 11.7 Å². The van der Waals surface area contributed by atoms with Crippen LogP contribution in [-0.4, -0.2) is 35.1 Å². The van der Waals surface area contributed by atoms with Crippen molar-refractivity contribution in [3.8, 4) is 11.1 Å². The smallest absolute Gasteiger partial charge is 0.219 e. The Labute approximate surface area is 146 Å². The van der Waals surface area contributed by atoms with Crippen molar-refractivity contribution in [1.29, 1.82) is 0 Å². The number of carbonyl (C=O) groups excluding carboxylic acids is 1. The van der Waals surface area contributed by atoms with Gasteiger partial charge in [0.15, 0.2) is 0 Å². The van der Waals surface area contributed by atoms with E-state index < -0.39 is 0 Å². The molecule has 0 bridgehead atoms. The van der Waals surface area contributed by atoms with E-state index in [1.54, 1.807) is 13.0 Å². The van der Waals surface area contributed by atoms with Crippen LogP contribution in [0.1, 0.15) is 24.9 Å². The second-order valence-electron chi connectivity index (χ2n) is 6.86. The van der Waals surface area contributed by atoms with Crippen molar-refractivity contribution in [1.82, 2.24) is 4.90 Å². The molecule has 2 N–H and O–H groups in total. The van der Waals surface area contributed by atoms with Crippen molar-refractivity contribution < 1.29 is 14.3 Å². The number of carbonyl (C=O) groups is 1. The Morgan fingerprint density at radius 1 is 1.28 bits per heavy atom. The van der Waals surface area contributed by atoms with Crippen LogP contribution in [0.2, 0.25) is 0 Å². The number of halogens is 1. The number of aliphatic hydroxyl groups is 1. The molecule has 2 heterocycles. The first-order valence-electron chi connectivity index (χ1n) is 8.63. The van der Waals surface area contributed by atoms with Gasteiger partial charge in [-0.1, -0.05) is 18.2 Å². The van der Waals surface area contributed by atoms with Gasteiger partial charge in [0, 0.05) is 25.1 Å². The lowest BCUT2D eigenvalue weighted by Crippen LogP contribution is -2.42. The number of rotatable bonds is 2. The van der Waals surface area contributed by atoms with Gasteiger partial charge in [0.2, 0.25) is 5.91 Å². The molecule has 1 amide bonds. The number of hydrogen-bond acceptors (Lipinski definition) is 3. The topological polar surface area (TPSA) is 52.6 Å². The summed E-state index contributed by atoms with van der Waals surface area (Å²) in [6.45, 7) is 2.33. The van der Waals surface area contributed by atoms with E-state index in [4.69, 9.17) is 0 Å². The fourth-order valence-electron chi connectivity index (χ4n) is 4.26. The molecule has 1 saturated heterocycles. The van der Waals surface area contributed by atoms with Crippen molar-refractivity contribution in [2.45, 2.75) is 25.4 Å². The molecule has 2 aromatic carbocycles. The van der Waals surface area contributed by atoms with E-state index in [2.05, 4.69) is 5.32 Å². The van der Waals surface area contributed by atoms with E-state index in [1.165, 1.54) is 12.1 Å². The van der Waals surface area contributed by atoms with Gasteiger partial charge >= 0.3 is 0 Å². The van der Waals surface area contributed by atoms with Crippen LogP contribution in [0.3, 0.4) is 0 Å². The summed E-state index contributed by atoms with van der Waals surface area (Å²) in [5.74, 6) is -0.0323. The van der Waals surface area contributed by atoms with Crippen molar-refractivity contribution in [2.24, 2.45) is 5.92 Å². The van der Waals surface area contributed by atoms with E-state index in [0.29, 0.717) is 6.54 Å². The average Bonchev–Trinajstić information content (AvgIpc) is 3.06. The first-order chi connectivity index (χ1) is 12.1. The molecule has 0 spiro atoms. The highest BCUT2D eigenvalue weighted by Gasteiger charge is 2.44. The lowest BCUT2D eigenvalue weighted by atomic mass is 9.82. The maximum atomic E-state index is 13.6. The standard InChI is InChI=1S/C20H21FN2O2/c1-12(25)23-8-7-16-19(11-24)22-18-6-5-14(10-17(18)20(16)23)13-3-2-4-15(21)9-13/h2-6,9-10,16,19-20,22,24H,7-8,11H2,1H3/t16-,19+,20-/m1/s1. The molecule has 2 aromatic rings. The lowest BCUT2D eigenvalue weighted by Gasteiger charge is -2.39. The Hall–Kier alpha value is -2.40. The molecule has 4 rings (SSSR count). The van der Waals surface area contributed by atoms with Crippen LogP contribution in [0.15, 0.2) is 42.5 Å². The van der Waals surface area contributed by atoms with E-state index in [0.717, 1.165) is 28.8 Å². The quantitative estimate of drug-likeness (QED) is 0.883. The van der Waals surface area contributed by atoms with Gasteiger partial charge in [0.1, 0.15) is 5.82 Å². The van der Waals surface area contributed by atoms with Gasteiger partial charge in [-0.05, 0) is 47.4 Å². The molecule has 0 radical (unpaired) electrons. The van der Waals surface area contributed by atoms with Gasteiger partial charge in [-0.25, -0.2) is 4.39 Å². The lowest BCUT2D eigenvalue weighted by molar-refractivity contribution is -0.130. The number of nitrogens with zero attached hydrogens (tertiary/aromatic N) is 1. The first-order valence-corrected chi connectivity index (χ1v) is 8.63. The summed E-state index contributed by atoms with van der Waals surface area (Å²) in [4.78, 5) is 14.0. The second kappa shape index (κ2) is 6.15. The molecule has 2 aliphatic heterocycles. The number of hydrogen-bond donors (Lipinski definition) is 2. The number of benzene rings is 2. The molecule has 0 aliphatic carbocycles. The molecule has 0 unspecified atom stereocenters. The van der Waals surface area contributed by atoms with Crippen molar-refractivity contribution in [2.75, 3.05) is 18.5 Å². The van der Waals surface area contributed by atoms with Gasteiger partial charge < -0.3 is 15.3 Å². The number of fused-ring (bicyclic) bond motifs is 3. The minimum Gasteiger partial charge on any atom is -0.394 e. The zero-order valence-corrected chi connectivity index (χ0v) is 14.1. The average molecular weight is 340 g/mol. The summed E-state index contributed by atoms with van der Waals surface area (Å²) in [5, 5.41) is 13.1. The van der Waals surface area contributed by atoms with Gasteiger partial charge in [0.25, 0.3) is 0 Å². The molecule has 4 nitrogen and oxygen atoms in total. The number of aliphatic hydroxyl groups excluding tert-OH is 1. The van der Waals surface area contributed by atoms with Crippen LogP contribution in [0.5, 0.6) is 0 Å². The van der Waals surface area contributed by atoms with Crippen molar-refractivity contribution >= 4 is 11.6 Å². The molecule has 5 heteroatoms. The van der Waals surface area contributed by atoms with E-state index >= 15 is 0 Å². The van der Waals surface area contributed by atoms with Crippen LogP contribution in [-0.2, 0) is 4.79 Å². The summed E-state index contributed by atoms with van der Waals surface area (Å²) in [6.07, 6.45) is 0.867. The highest BCUT2D eigenvalue weighted by molar-refractivity contribution is 5.76. The summed E-state index contributed by atoms with van der Waals surface area (Å²) >= 11 is 0.